The van der Waals surface area contributed by atoms with Crippen LogP contribution in [0, 0.1) is 0 Å². The highest BCUT2D eigenvalue weighted by Crippen LogP contribution is 2.35. The number of sulfonamides is 1. The first-order valence-electron chi connectivity index (χ1n) is 12.0. The van der Waals surface area contributed by atoms with Gasteiger partial charge in [0.25, 0.3) is 0 Å². The van der Waals surface area contributed by atoms with Crippen molar-refractivity contribution < 1.29 is 18.0 Å². The molecule has 8 heteroatoms. The molecule has 32 heavy (non-hydrogen) atoms. The second-order valence-electron chi connectivity index (χ2n) is 9.56. The first kappa shape index (κ1) is 23.2. The van der Waals surface area contributed by atoms with Gasteiger partial charge in [-0.05, 0) is 62.8 Å². The summed E-state index contributed by atoms with van der Waals surface area (Å²) in [4.78, 5) is 27.0. The zero-order valence-electron chi connectivity index (χ0n) is 19.2. The lowest BCUT2D eigenvalue weighted by Crippen LogP contribution is -2.48. The van der Waals surface area contributed by atoms with E-state index in [1.807, 2.05) is 6.92 Å². The summed E-state index contributed by atoms with van der Waals surface area (Å²) in [5.41, 5.74) is 1.65. The fourth-order valence-corrected chi connectivity index (χ4v) is 7.28. The van der Waals surface area contributed by atoms with Crippen molar-refractivity contribution in [2.75, 3.05) is 11.4 Å². The van der Waals surface area contributed by atoms with Gasteiger partial charge in [0.05, 0.1) is 4.90 Å². The Kier molecular flexibility index (Phi) is 6.91. The molecule has 1 aromatic rings. The summed E-state index contributed by atoms with van der Waals surface area (Å²) in [7, 11) is -3.79. The minimum Gasteiger partial charge on any atom is -0.352 e. The highest BCUT2D eigenvalue weighted by atomic mass is 32.2. The van der Waals surface area contributed by atoms with Crippen molar-refractivity contribution in [2.24, 2.45) is 0 Å². The standard InChI is InChI=1S/C24H35N3O4S/c1-17-15-19-16-21(12-13-22(19)27(17)18(2)28)32(30,31)26-14-8-11-23(26)24(29)25-20-9-6-4-3-5-7-10-20/h12-13,16-17,20,23H,3-11,14-15H2,1-2H3,(H,25,29)/t17-,23+/m0/s1. The average Bonchev–Trinajstić information content (AvgIpc) is 3.33. The number of amides is 2. The molecule has 2 atom stereocenters. The van der Waals surface area contributed by atoms with Crippen LogP contribution in [0.3, 0.4) is 0 Å². The normalized spacial score (nSPS) is 25.2. The fourth-order valence-electron chi connectivity index (χ4n) is 5.57. The van der Waals surface area contributed by atoms with Crippen molar-refractivity contribution in [3.8, 4) is 0 Å². The number of nitrogens with one attached hydrogen (secondary N) is 1. The van der Waals surface area contributed by atoms with E-state index < -0.39 is 16.1 Å². The Balaban J connectivity index is 1.51. The molecule has 0 bridgehead atoms. The van der Waals surface area contributed by atoms with Crippen LogP contribution in [0.5, 0.6) is 0 Å². The molecule has 1 N–H and O–H groups in total. The molecule has 2 aliphatic heterocycles. The van der Waals surface area contributed by atoms with E-state index in [0.29, 0.717) is 25.8 Å². The average molecular weight is 462 g/mol. The van der Waals surface area contributed by atoms with Crippen LogP contribution in [0.2, 0.25) is 0 Å². The molecule has 1 aliphatic carbocycles. The number of carbonyl (C=O) groups is 2. The quantitative estimate of drug-likeness (QED) is 0.745. The van der Waals surface area contributed by atoms with E-state index in [1.165, 1.54) is 30.5 Å². The molecule has 4 rings (SSSR count). The van der Waals surface area contributed by atoms with Crippen molar-refractivity contribution in [1.29, 1.82) is 0 Å². The van der Waals surface area contributed by atoms with E-state index in [4.69, 9.17) is 0 Å². The molecule has 0 aromatic heterocycles. The summed E-state index contributed by atoms with van der Waals surface area (Å²) < 4.78 is 28.4. The highest BCUT2D eigenvalue weighted by Gasteiger charge is 2.40. The number of rotatable bonds is 4. The maximum atomic E-state index is 13.5. The summed E-state index contributed by atoms with van der Waals surface area (Å²) in [5, 5.41) is 3.16. The fraction of sp³-hybridized carbons (Fsp3) is 0.667. The number of benzene rings is 1. The third-order valence-electron chi connectivity index (χ3n) is 7.17. The van der Waals surface area contributed by atoms with E-state index in [-0.39, 0.29) is 28.8 Å². The SMILES string of the molecule is CC(=O)N1c2ccc(S(=O)(=O)N3CCC[C@@H]3C(=O)NC3CCCCCCC3)cc2C[C@@H]1C. The van der Waals surface area contributed by atoms with Crippen LogP contribution in [0.1, 0.15) is 77.2 Å². The first-order valence-corrected chi connectivity index (χ1v) is 13.5. The number of carbonyl (C=O) groups excluding carboxylic acids is 2. The van der Waals surface area contributed by atoms with Crippen molar-refractivity contribution >= 4 is 27.5 Å². The number of fused-ring (bicyclic) bond motifs is 1. The van der Waals surface area contributed by atoms with Crippen molar-refractivity contribution in [3.05, 3.63) is 23.8 Å². The van der Waals surface area contributed by atoms with Gasteiger partial charge < -0.3 is 10.2 Å². The van der Waals surface area contributed by atoms with Gasteiger partial charge in [-0.25, -0.2) is 8.42 Å². The largest absolute Gasteiger partial charge is 0.352 e. The number of hydrogen-bond donors (Lipinski definition) is 1. The van der Waals surface area contributed by atoms with E-state index in [9.17, 15) is 18.0 Å². The zero-order valence-corrected chi connectivity index (χ0v) is 20.0. The van der Waals surface area contributed by atoms with Gasteiger partial charge in [0.1, 0.15) is 6.04 Å². The monoisotopic (exact) mass is 461 g/mol. The van der Waals surface area contributed by atoms with Crippen LogP contribution in [-0.2, 0) is 26.0 Å². The second-order valence-corrected chi connectivity index (χ2v) is 11.4. The predicted octanol–water partition coefficient (Wildman–Crippen LogP) is 3.37. The van der Waals surface area contributed by atoms with Gasteiger partial charge in [0.2, 0.25) is 21.8 Å². The third kappa shape index (κ3) is 4.57. The molecule has 1 saturated heterocycles. The van der Waals surface area contributed by atoms with E-state index in [0.717, 1.165) is 36.9 Å². The summed E-state index contributed by atoms with van der Waals surface area (Å²) in [6, 6.07) is 4.50. The Bertz CT molecular complexity index is 969. The topological polar surface area (TPSA) is 86.8 Å². The zero-order chi connectivity index (χ0) is 22.9. The van der Waals surface area contributed by atoms with E-state index in [1.54, 1.807) is 23.1 Å². The Morgan fingerprint density at radius 2 is 1.69 bits per heavy atom. The van der Waals surface area contributed by atoms with Gasteiger partial charge in [0, 0.05) is 31.2 Å². The Morgan fingerprint density at radius 3 is 2.38 bits per heavy atom. The molecular formula is C24H35N3O4S. The summed E-state index contributed by atoms with van der Waals surface area (Å²) in [6.45, 7) is 3.85. The molecule has 2 fully saturated rings. The number of nitrogens with zero attached hydrogens (tertiary/aromatic N) is 2. The molecule has 3 aliphatic rings. The van der Waals surface area contributed by atoms with Crippen molar-refractivity contribution in [3.63, 3.8) is 0 Å². The van der Waals surface area contributed by atoms with Crippen molar-refractivity contribution in [1.82, 2.24) is 9.62 Å². The third-order valence-corrected chi connectivity index (χ3v) is 9.07. The Morgan fingerprint density at radius 1 is 1.00 bits per heavy atom. The molecule has 2 amide bonds. The second kappa shape index (κ2) is 9.51. The van der Waals surface area contributed by atoms with Gasteiger partial charge in [-0.15, -0.1) is 0 Å². The molecule has 2 heterocycles. The first-order chi connectivity index (χ1) is 15.3. The minimum absolute atomic E-state index is 0.00884. The highest BCUT2D eigenvalue weighted by molar-refractivity contribution is 7.89. The van der Waals surface area contributed by atoms with Crippen LogP contribution in [0.4, 0.5) is 5.69 Å². The minimum atomic E-state index is -3.79. The predicted molar refractivity (Wildman–Crippen MR) is 124 cm³/mol. The summed E-state index contributed by atoms with van der Waals surface area (Å²) >= 11 is 0. The van der Waals surface area contributed by atoms with E-state index >= 15 is 0 Å². The lowest BCUT2D eigenvalue weighted by Gasteiger charge is -2.27. The van der Waals surface area contributed by atoms with Gasteiger partial charge in [0.15, 0.2) is 0 Å². The van der Waals surface area contributed by atoms with Gasteiger partial charge >= 0.3 is 0 Å². The van der Waals surface area contributed by atoms with Gasteiger partial charge in [-0.3, -0.25) is 9.59 Å². The maximum Gasteiger partial charge on any atom is 0.243 e. The molecule has 0 spiro atoms. The van der Waals surface area contributed by atoms with Crippen molar-refractivity contribution in [2.45, 2.75) is 101 Å². The summed E-state index contributed by atoms with van der Waals surface area (Å²) in [5.74, 6) is -0.202. The van der Waals surface area contributed by atoms with Crippen LogP contribution in [-0.4, -0.2) is 49.2 Å². The van der Waals surface area contributed by atoms with Crippen LogP contribution < -0.4 is 10.2 Å². The van der Waals surface area contributed by atoms with E-state index in [2.05, 4.69) is 5.32 Å². The molecular weight excluding hydrogens is 426 g/mol. The molecule has 1 aromatic carbocycles. The van der Waals surface area contributed by atoms with Crippen LogP contribution in [0.15, 0.2) is 23.1 Å². The molecule has 1 saturated carbocycles. The van der Waals surface area contributed by atoms with Crippen LogP contribution in [0.25, 0.3) is 0 Å². The number of hydrogen-bond acceptors (Lipinski definition) is 4. The lowest BCUT2D eigenvalue weighted by molar-refractivity contribution is -0.125. The summed E-state index contributed by atoms with van der Waals surface area (Å²) in [6.07, 6.45) is 9.71. The van der Waals surface area contributed by atoms with Gasteiger partial charge in [-0.2, -0.15) is 4.31 Å². The van der Waals surface area contributed by atoms with Crippen LogP contribution >= 0.6 is 0 Å². The molecule has 0 unspecified atom stereocenters. The molecule has 7 nitrogen and oxygen atoms in total. The van der Waals surface area contributed by atoms with Gasteiger partial charge in [-0.1, -0.05) is 32.1 Å². The smallest absolute Gasteiger partial charge is 0.243 e. The number of anilines is 1. The molecule has 176 valence electrons. The molecule has 0 radical (unpaired) electrons. The Labute approximate surface area is 191 Å². The lowest BCUT2D eigenvalue weighted by atomic mass is 9.96. The maximum absolute atomic E-state index is 13.5. The Hall–Kier alpha value is -1.93.